The fraction of sp³-hybridized carbons (Fsp3) is 0.308. The lowest BCUT2D eigenvalue weighted by Crippen LogP contribution is -2.03. The fourth-order valence-corrected chi connectivity index (χ4v) is 2.89. The number of thiazole rings is 1. The van der Waals surface area contributed by atoms with Gasteiger partial charge in [-0.3, -0.25) is 0 Å². The Labute approximate surface area is 113 Å². The van der Waals surface area contributed by atoms with E-state index in [-0.39, 0.29) is 0 Å². The van der Waals surface area contributed by atoms with Gasteiger partial charge in [-0.15, -0.1) is 11.3 Å². The minimum Gasteiger partial charge on any atom is -0.388 e. The van der Waals surface area contributed by atoms with Crippen molar-refractivity contribution in [2.45, 2.75) is 26.4 Å². The molecule has 0 spiro atoms. The molecule has 1 aromatic carbocycles. The van der Waals surface area contributed by atoms with Gasteiger partial charge in [0.05, 0.1) is 16.8 Å². The summed E-state index contributed by atoms with van der Waals surface area (Å²) in [5.41, 5.74) is 3.01. The van der Waals surface area contributed by atoms with Gasteiger partial charge in [-0.2, -0.15) is 0 Å². The van der Waals surface area contributed by atoms with Crippen LogP contribution in [0.4, 0.5) is 0 Å². The summed E-state index contributed by atoms with van der Waals surface area (Å²) in [5, 5.41) is 13.3. The first-order valence-corrected chi connectivity index (χ1v) is 7.09. The summed E-state index contributed by atoms with van der Waals surface area (Å²) in [6.45, 7) is 4.00. The highest BCUT2D eigenvalue weighted by atomic mass is 79.9. The fourth-order valence-electron chi connectivity index (χ4n) is 1.74. The number of aromatic nitrogens is 1. The van der Waals surface area contributed by atoms with Gasteiger partial charge in [-0.25, -0.2) is 4.98 Å². The zero-order valence-electron chi connectivity index (χ0n) is 9.77. The molecule has 0 fully saturated rings. The number of halogens is 1. The van der Waals surface area contributed by atoms with E-state index < -0.39 is 6.10 Å². The number of aliphatic hydroxyl groups is 1. The monoisotopic (exact) mass is 311 g/mol. The lowest BCUT2D eigenvalue weighted by Gasteiger charge is -2.13. The van der Waals surface area contributed by atoms with Gasteiger partial charge in [0.1, 0.15) is 0 Å². The van der Waals surface area contributed by atoms with Gasteiger partial charge >= 0.3 is 0 Å². The van der Waals surface area contributed by atoms with Gasteiger partial charge in [-0.05, 0) is 25.0 Å². The molecule has 1 heterocycles. The Hall–Kier alpha value is -0.710. The van der Waals surface area contributed by atoms with Crippen LogP contribution in [0.2, 0.25) is 0 Å². The summed E-state index contributed by atoms with van der Waals surface area (Å²) in [4.78, 5) is 4.37. The van der Waals surface area contributed by atoms with E-state index in [1.165, 1.54) is 0 Å². The first-order chi connectivity index (χ1) is 8.08. The Balaban J connectivity index is 2.20. The summed E-state index contributed by atoms with van der Waals surface area (Å²) < 4.78 is 0.986. The zero-order chi connectivity index (χ0) is 12.4. The van der Waals surface area contributed by atoms with Crippen LogP contribution in [0.3, 0.4) is 0 Å². The molecule has 90 valence electrons. The lowest BCUT2D eigenvalue weighted by molar-refractivity contribution is 0.176. The molecule has 2 aromatic rings. The van der Waals surface area contributed by atoms with Gasteiger partial charge in [0.15, 0.2) is 0 Å². The highest BCUT2D eigenvalue weighted by molar-refractivity contribution is 9.10. The van der Waals surface area contributed by atoms with Crippen LogP contribution in [0.1, 0.15) is 27.9 Å². The average molecular weight is 312 g/mol. The normalized spacial score (nSPS) is 12.7. The van der Waals surface area contributed by atoms with Crippen molar-refractivity contribution < 1.29 is 5.11 Å². The molecule has 0 aliphatic heterocycles. The molecule has 0 saturated carbocycles. The van der Waals surface area contributed by atoms with Crippen LogP contribution in [0.5, 0.6) is 0 Å². The second-order valence-electron chi connectivity index (χ2n) is 4.06. The molecule has 1 unspecified atom stereocenters. The standard InChI is InChI=1S/C13H14BrNOS/c1-8-4-3-5-11(13(8)14)12(16)6-10-7-17-9(2)15-10/h3-5,7,12,16H,6H2,1-2H3. The smallest absolute Gasteiger partial charge is 0.0897 e. The molecular weight excluding hydrogens is 298 g/mol. The molecule has 0 aliphatic rings. The van der Waals surface area contributed by atoms with Crippen LogP contribution < -0.4 is 0 Å². The number of hydrogen-bond acceptors (Lipinski definition) is 3. The molecule has 1 atom stereocenters. The van der Waals surface area contributed by atoms with E-state index in [0.717, 1.165) is 26.3 Å². The van der Waals surface area contributed by atoms with Crippen molar-refractivity contribution in [3.05, 3.63) is 49.9 Å². The van der Waals surface area contributed by atoms with Crippen LogP contribution in [0, 0.1) is 13.8 Å². The summed E-state index contributed by atoms with van der Waals surface area (Å²) in [6, 6.07) is 5.93. The number of nitrogens with zero attached hydrogens (tertiary/aromatic N) is 1. The van der Waals surface area contributed by atoms with Crippen molar-refractivity contribution in [2.75, 3.05) is 0 Å². The zero-order valence-corrected chi connectivity index (χ0v) is 12.2. The van der Waals surface area contributed by atoms with E-state index in [9.17, 15) is 5.11 Å². The van der Waals surface area contributed by atoms with Crippen molar-refractivity contribution in [1.82, 2.24) is 4.98 Å². The number of aliphatic hydroxyl groups excluding tert-OH is 1. The van der Waals surface area contributed by atoms with Crippen LogP contribution in [-0.4, -0.2) is 10.1 Å². The Morgan fingerprint density at radius 1 is 1.41 bits per heavy atom. The van der Waals surface area contributed by atoms with Crippen LogP contribution in [0.15, 0.2) is 28.1 Å². The third kappa shape index (κ3) is 2.94. The number of benzene rings is 1. The second-order valence-corrected chi connectivity index (χ2v) is 5.91. The Morgan fingerprint density at radius 2 is 2.18 bits per heavy atom. The Morgan fingerprint density at radius 3 is 2.82 bits per heavy atom. The van der Waals surface area contributed by atoms with Gasteiger partial charge in [0.25, 0.3) is 0 Å². The second kappa shape index (κ2) is 5.29. The van der Waals surface area contributed by atoms with Crippen LogP contribution in [0.25, 0.3) is 0 Å². The van der Waals surface area contributed by atoms with Crippen molar-refractivity contribution >= 4 is 27.3 Å². The Kier molecular flexibility index (Phi) is 3.97. The largest absolute Gasteiger partial charge is 0.388 e. The third-order valence-electron chi connectivity index (χ3n) is 2.65. The Bertz CT molecular complexity index is 524. The van der Waals surface area contributed by atoms with Crippen LogP contribution >= 0.6 is 27.3 Å². The molecule has 2 rings (SSSR count). The maximum absolute atomic E-state index is 10.2. The van der Waals surface area contributed by atoms with Crippen molar-refractivity contribution in [3.63, 3.8) is 0 Å². The molecule has 4 heteroatoms. The van der Waals surface area contributed by atoms with Gasteiger partial charge < -0.3 is 5.11 Å². The van der Waals surface area contributed by atoms with E-state index >= 15 is 0 Å². The highest BCUT2D eigenvalue weighted by Gasteiger charge is 2.14. The highest BCUT2D eigenvalue weighted by Crippen LogP contribution is 2.28. The number of aryl methyl sites for hydroxylation is 2. The topological polar surface area (TPSA) is 33.1 Å². The molecule has 1 aromatic heterocycles. The van der Waals surface area contributed by atoms with E-state index in [4.69, 9.17) is 0 Å². The first kappa shape index (κ1) is 12.7. The van der Waals surface area contributed by atoms with Crippen LogP contribution in [-0.2, 0) is 6.42 Å². The molecular formula is C13H14BrNOS. The van der Waals surface area contributed by atoms with Crippen molar-refractivity contribution in [2.24, 2.45) is 0 Å². The lowest BCUT2D eigenvalue weighted by atomic mass is 10.0. The van der Waals surface area contributed by atoms with Crippen molar-refractivity contribution in [3.8, 4) is 0 Å². The summed E-state index contributed by atoms with van der Waals surface area (Å²) >= 11 is 5.14. The molecule has 2 nitrogen and oxygen atoms in total. The van der Waals surface area contributed by atoms with E-state index in [1.54, 1.807) is 11.3 Å². The SMILES string of the molecule is Cc1nc(CC(O)c2cccc(C)c2Br)cs1. The molecule has 17 heavy (non-hydrogen) atoms. The summed E-state index contributed by atoms with van der Waals surface area (Å²) in [6.07, 6.45) is 0.0534. The predicted molar refractivity (Wildman–Crippen MR) is 74.4 cm³/mol. The molecule has 1 N–H and O–H groups in total. The first-order valence-electron chi connectivity index (χ1n) is 5.42. The average Bonchev–Trinajstić information content (AvgIpc) is 2.68. The number of rotatable bonds is 3. The van der Waals surface area contributed by atoms with E-state index in [0.29, 0.717) is 6.42 Å². The molecule has 0 aliphatic carbocycles. The minimum atomic E-state index is -0.509. The number of hydrogen-bond donors (Lipinski definition) is 1. The summed E-state index contributed by atoms with van der Waals surface area (Å²) in [7, 11) is 0. The van der Waals surface area contributed by atoms with Crippen molar-refractivity contribution in [1.29, 1.82) is 0 Å². The molecule has 0 bridgehead atoms. The van der Waals surface area contributed by atoms with Gasteiger partial charge in [-0.1, -0.05) is 34.1 Å². The molecule has 0 amide bonds. The predicted octanol–water partition coefficient (Wildman–Crippen LogP) is 3.80. The third-order valence-corrected chi connectivity index (χ3v) is 4.56. The van der Waals surface area contributed by atoms with Gasteiger partial charge in [0.2, 0.25) is 0 Å². The minimum absolute atomic E-state index is 0.509. The summed E-state index contributed by atoms with van der Waals surface area (Å²) in [5.74, 6) is 0. The van der Waals surface area contributed by atoms with E-state index in [2.05, 4.69) is 20.9 Å². The molecule has 0 radical (unpaired) electrons. The maximum atomic E-state index is 10.2. The maximum Gasteiger partial charge on any atom is 0.0897 e. The quantitative estimate of drug-likeness (QED) is 0.935. The van der Waals surface area contributed by atoms with Gasteiger partial charge in [0, 0.05) is 16.3 Å². The molecule has 0 saturated heterocycles. The van der Waals surface area contributed by atoms with E-state index in [1.807, 2.05) is 37.4 Å².